The Hall–Kier alpha value is -1.79. The number of aryl methyl sites for hydroxylation is 2. The van der Waals surface area contributed by atoms with Gasteiger partial charge in [0.15, 0.2) is 0 Å². The number of ether oxygens (including phenoxy) is 1. The molecular formula is C14H19N5O. The second kappa shape index (κ2) is 5.68. The van der Waals surface area contributed by atoms with E-state index in [1.165, 1.54) is 0 Å². The Kier molecular flexibility index (Phi) is 3.75. The summed E-state index contributed by atoms with van der Waals surface area (Å²) in [6, 6.07) is 2.01. The van der Waals surface area contributed by atoms with Crippen molar-refractivity contribution in [2.24, 2.45) is 0 Å². The number of aromatic nitrogens is 4. The number of hydrogen-bond donors (Lipinski definition) is 1. The van der Waals surface area contributed by atoms with Crippen molar-refractivity contribution in [3.63, 3.8) is 0 Å². The molecular weight excluding hydrogens is 254 g/mol. The highest BCUT2D eigenvalue weighted by molar-refractivity contribution is 5.13. The fraction of sp³-hybridized carbons (Fsp3) is 0.500. The zero-order valence-corrected chi connectivity index (χ0v) is 11.8. The maximum Gasteiger partial charge on any atom is 0.125 e. The summed E-state index contributed by atoms with van der Waals surface area (Å²) < 4.78 is 5.87. The SMILES string of the molecule is Cc1cc(C2CN(Cc3cnc[nH]3)CCO2)nc(C)n1. The average Bonchev–Trinajstić information content (AvgIpc) is 2.91. The van der Waals surface area contributed by atoms with E-state index in [2.05, 4.69) is 24.8 Å². The van der Waals surface area contributed by atoms with E-state index >= 15 is 0 Å². The van der Waals surface area contributed by atoms with Gasteiger partial charge in [0.1, 0.15) is 11.9 Å². The van der Waals surface area contributed by atoms with Gasteiger partial charge in [0.25, 0.3) is 0 Å². The molecule has 1 unspecified atom stereocenters. The predicted molar refractivity (Wildman–Crippen MR) is 74.1 cm³/mol. The number of nitrogens with one attached hydrogen (secondary N) is 1. The summed E-state index contributed by atoms with van der Waals surface area (Å²) in [5, 5.41) is 0. The third-order valence-electron chi connectivity index (χ3n) is 3.42. The van der Waals surface area contributed by atoms with Crippen LogP contribution in [0.5, 0.6) is 0 Å². The molecule has 1 fully saturated rings. The molecule has 1 atom stereocenters. The maximum atomic E-state index is 5.87. The van der Waals surface area contributed by atoms with Crippen molar-refractivity contribution in [2.45, 2.75) is 26.5 Å². The molecule has 6 heteroatoms. The van der Waals surface area contributed by atoms with Gasteiger partial charge in [0.2, 0.25) is 0 Å². The first kappa shape index (κ1) is 13.2. The van der Waals surface area contributed by atoms with E-state index in [1.807, 2.05) is 26.1 Å². The summed E-state index contributed by atoms with van der Waals surface area (Å²) in [6.07, 6.45) is 3.60. The lowest BCUT2D eigenvalue weighted by molar-refractivity contribution is -0.0354. The molecule has 0 aromatic carbocycles. The highest BCUT2D eigenvalue weighted by atomic mass is 16.5. The van der Waals surface area contributed by atoms with Crippen LogP contribution in [0.15, 0.2) is 18.6 Å². The van der Waals surface area contributed by atoms with Crippen molar-refractivity contribution < 1.29 is 4.74 Å². The number of nitrogens with zero attached hydrogens (tertiary/aromatic N) is 4. The van der Waals surface area contributed by atoms with Crippen molar-refractivity contribution in [2.75, 3.05) is 19.7 Å². The standard InChI is InChI=1S/C14H19N5O/c1-10-5-13(18-11(2)17-10)14-8-19(3-4-20-14)7-12-6-15-9-16-12/h5-6,9,14H,3-4,7-8H2,1-2H3,(H,15,16). The number of H-pyrrole nitrogens is 1. The van der Waals surface area contributed by atoms with Crippen molar-refractivity contribution in [1.29, 1.82) is 0 Å². The summed E-state index contributed by atoms with van der Waals surface area (Å²) in [4.78, 5) is 18.4. The number of aromatic amines is 1. The van der Waals surface area contributed by atoms with Crippen LogP contribution in [0.3, 0.4) is 0 Å². The van der Waals surface area contributed by atoms with Gasteiger partial charge in [-0.25, -0.2) is 15.0 Å². The summed E-state index contributed by atoms with van der Waals surface area (Å²) >= 11 is 0. The highest BCUT2D eigenvalue weighted by Crippen LogP contribution is 2.22. The van der Waals surface area contributed by atoms with Gasteiger partial charge in [-0.2, -0.15) is 0 Å². The van der Waals surface area contributed by atoms with Crippen LogP contribution < -0.4 is 0 Å². The van der Waals surface area contributed by atoms with Gasteiger partial charge in [-0.1, -0.05) is 0 Å². The highest BCUT2D eigenvalue weighted by Gasteiger charge is 2.23. The van der Waals surface area contributed by atoms with Crippen LogP contribution in [0.2, 0.25) is 0 Å². The van der Waals surface area contributed by atoms with Crippen LogP contribution >= 0.6 is 0 Å². The van der Waals surface area contributed by atoms with Crippen LogP contribution in [0.4, 0.5) is 0 Å². The molecule has 3 heterocycles. The molecule has 3 rings (SSSR count). The number of morpholine rings is 1. The third-order valence-corrected chi connectivity index (χ3v) is 3.42. The second-order valence-electron chi connectivity index (χ2n) is 5.15. The zero-order valence-electron chi connectivity index (χ0n) is 11.8. The minimum Gasteiger partial charge on any atom is -0.369 e. The first-order valence-corrected chi connectivity index (χ1v) is 6.84. The maximum absolute atomic E-state index is 5.87. The minimum atomic E-state index is 0.0204. The van der Waals surface area contributed by atoms with E-state index in [0.717, 1.165) is 49.1 Å². The summed E-state index contributed by atoms with van der Waals surface area (Å²) in [5.41, 5.74) is 3.09. The molecule has 6 nitrogen and oxygen atoms in total. The number of hydrogen-bond acceptors (Lipinski definition) is 5. The quantitative estimate of drug-likeness (QED) is 0.915. The largest absolute Gasteiger partial charge is 0.369 e. The lowest BCUT2D eigenvalue weighted by atomic mass is 10.1. The van der Waals surface area contributed by atoms with Gasteiger partial charge in [-0.3, -0.25) is 4.90 Å². The first-order chi connectivity index (χ1) is 9.70. The Labute approximate surface area is 118 Å². The van der Waals surface area contributed by atoms with Crippen LogP contribution in [-0.2, 0) is 11.3 Å². The van der Waals surface area contributed by atoms with E-state index in [0.29, 0.717) is 0 Å². The van der Waals surface area contributed by atoms with E-state index in [9.17, 15) is 0 Å². The van der Waals surface area contributed by atoms with Crippen molar-refractivity contribution in [1.82, 2.24) is 24.8 Å². The molecule has 0 bridgehead atoms. The second-order valence-corrected chi connectivity index (χ2v) is 5.15. The topological polar surface area (TPSA) is 66.9 Å². The van der Waals surface area contributed by atoms with E-state index in [-0.39, 0.29) is 6.10 Å². The van der Waals surface area contributed by atoms with Gasteiger partial charge in [0.05, 0.1) is 18.6 Å². The molecule has 1 aliphatic rings. The van der Waals surface area contributed by atoms with E-state index in [4.69, 9.17) is 4.74 Å². The molecule has 0 saturated carbocycles. The van der Waals surface area contributed by atoms with Gasteiger partial charge in [0, 0.05) is 37.2 Å². The van der Waals surface area contributed by atoms with Crippen LogP contribution in [-0.4, -0.2) is 44.5 Å². The van der Waals surface area contributed by atoms with Crippen molar-refractivity contribution in [3.8, 4) is 0 Å². The summed E-state index contributed by atoms with van der Waals surface area (Å²) in [7, 11) is 0. The number of imidazole rings is 1. The van der Waals surface area contributed by atoms with Crippen LogP contribution in [0.1, 0.15) is 29.0 Å². The normalized spacial score (nSPS) is 20.2. The molecule has 2 aromatic heterocycles. The minimum absolute atomic E-state index is 0.0204. The Morgan fingerprint density at radius 3 is 3.05 bits per heavy atom. The first-order valence-electron chi connectivity index (χ1n) is 6.84. The van der Waals surface area contributed by atoms with Crippen LogP contribution in [0.25, 0.3) is 0 Å². The van der Waals surface area contributed by atoms with Gasteiger partial charge in [-0.15, -0.1) is 0 Å². The average molecular weight is 273 g/mol. The molecule has 1 N–H and O–H groups in total. The molecule has 1 aliphatic heterocycles. The lowest BCUT2D eigenvalue weighted by Crippen LogP contribution is -2.38. The lowest BCUT2D eigenvalue weighted by Gasteiger charge is -2.32. The Bertz CT molecular complexity index is 549. The molecule has 0 spiro atoms. The molecule has 0 amide bonds. The zero-order chi connectivity index (χ0) is 13.9. The van der Waals surface area contributed by atoms with Crippen molar-refractivity contribution in [3.05, 3.63) is 41.5 Å². The van der Waals surface area contributed by atoms with E-state index in [1.54, 1.807) is 6.33 Å². The third kappa shape index (κ3) is 3.02. The molecule has 20 heavy (non-hydrogen) atoms. The van der Waals surface area contributed by atoms with E-state index < -0.39 is 0 Å². The Morgan fingerprint density at radius 2 is 2.30 bits per heavy atom. The Balaban J connectivity index is 1.71. The molecule has 2 aromatic rings. The molecule has 0 aliphatic carbocycles. The molecule has 106 valence electrons. The van der Waals surface area contributed by atoms with Gasteiger partial charge >= 0.3 is 0 Å². The number of rotatable bonds is 3. The smallest absolute Gasteiger partial charge is 0.125 e. The summed E-state index contributed by atoms with van der Waals surface area (Å²) in [5.74, 6) is 0.800. The summed E-state index contributed by atoms with van der Waals surface area (Å²) in [6.45, 7) is 7.27. The molecule has 1 saturated heterocycles. The van der Waals surface area contributed by atoms with Gasteiger partial charge in [-0.05, 0) is 19.9 Å². The van der Waals surface area contributed by atoms with Crippen LogP contribution in [0, 0.1) is 13.8 Å². The Morgan fingerprint density at radius 1 is 1.40 bits per heavy atom. The van der Waals surface area contributed by atoms with Crippen molar-refractivity contribution >= 4 is 0 Å². The van der Waals surface area contributed by atoms with Gasteiger partial charge < -0.3 is 9.72 Å². The predicted octanol–water partition coefficient (Wildman–Crippen LogP) is 1.39. The fourth-order valence-corrected chi connectivity index (χ4v) is 2.55. The molecule has 0 radical (unpaired) electrons. The monoisotopic (exact) mass is 273 g/mol. The fourth-order valence-electron chi connectivity index (χ4n) is 2.55.